The molecule has 0 radical (unpaired) electrons. The first-order valence-corrected chi connectivity index (χ1v) is 3.81. The summed E-state index contributed by atoms with van der Waals surface area (Å²) < 4.78 is 5.13. The van der Waals surface area contributed by atoms with Crippen molar-refractivity contribution in [3.05, 3.63) is 17.4 Å². The average Bonchev–Trinajstić information content (AvgIpc) is 2.04. The van der Waals surface area contributed by atoms with E-state index < -0.39 is 0 Å². The van der Waals surface area contributed by atoms with Crippen LogP contribution in [0.2, 0.25) is 5.02 Å². The lowest BCUT2D eigenvalue weighted by atomic mass is 10.5. The van der Waals surface area contributed by atoms with Crippen molar-refractivity contribution in [2.45, 2.75) is 13.3 Å². The van der Waals surface area contributed by atoms with Gasteiger partial charge in [0.15, 0.2) is 0 Å². The van der Waals surface area contributed by atoms with Gasteiger partial charge >= 0.3 is 6.01 Å². The Morgan fingerprint density at radius 2 is 2.09 bits per heavy atom. The van der Waals surface area contributed by atoms with E-state index in [0.717, 1.165) is 6.42 Å². The number of aromatic nitrogens is 2. The molecule has 0 aliphatic heterocycles. The van der Waals surface area contributed by atoms with E-state index in [1.165, 1.54) is 12.4 Å². The molecule has 0 fully saturated rings. The molecule has 0 atom stereocenters. The predicted molar refractivity (Wildman–Crippen MR) is 42.8 cm³/mol. The Kier molecular flexibility index (Phi) is 3.11. The van der Waals surface area contributed by atoms with Crippen LogP contribution in [0.25, 0.3) is 0 Å². The number of nitrogens with zero attached hydrogens (tertiary/aromatic N) is 2. The molecule has 1 aromatic rings. The van der Waals surface area contributed by atoms with Gasteiger partial charge in [-0.05, 0) is 6.42 Å². The average molecular weight is 173 g/mol. The zero-order valence-electron chi connectivity index (χ0n) is 6.25. The topological polar surface area (TPSA) is 35.0 Å². The van der Waals surface area contributed by atoms with E-state index in [1.807, 2.05) is 6.92 Å². The van der Waals surface area contributed by atoms with Crippen LogP contribution in [0.1, 0.15) is 13.3 Å². The minimum Gasteiger partial charge on any atom is -0.463 e. The minimum absolute atomic E-state index is 0.385. The number of hydrogen-bond acceptors (Lipinski definition) is 3. The Balaban J connectivity index is 2.52. The fourth-order valence-electron chi connectivity index (χ4n) is 0.568. The third-order valence-corrected chi connectivity index (χ3v) is 1.23. The Morgan fingerprint density at radius 1 is 1.45 bits per heavy atom. The van der Waals surface area contributed by atoms with Gasteiger partial charge in [-0.3, -0.25) is 0 Å². The lowest BCUT2D eigenvalue weighted by molar-refractivity contribution is 0.292. The van der Waals surface area contributed by atoms with Crippen LogP contribution in [-0.4, -0.2) is 16.6 Å². The van der Waals surface area contributed by atoms with E-state index in [-0.39, 0.29) is 0 Å². The Morgan fingerprint density at radius 3 is 2.64 bits per heavy atom. The summed E-state index contributed by atoms with van der Waals surface area (Å²) in [6.07, 6.45) is 3.98. The molecular formula is C7H9ClN2O. The first kappa shape index (κ1) is 8.27. The van der Waals surface area contributed by atoms with E-state index in [0.29, 0.717) is 17.6 Å². The molecule has 1 rings (SSSR count). The summed E-state index contributed by atoms with van der Waals surface area (Å²) in [6.45, 7) is 2.66. The van der Waals surface area contributed by atoms with Crippen molar-refractivity contribution in [3.63, 3.8) is 0 Å². The molecular weight excluding hydrogens is 164 g/mol. The van der Waals surface area contributed by atoms with Crippen LogP contribution in [0.15, 0.2) is 12.4 Å². The third kappa shape index (κ3) is 2.72. The zero-order valence-corrected chi connectivity index (χ0v) is 7.01. The maximum atomic E-state index is 5.57. The standard InChI is InChI=1S/C7H9ClN2O/c1-2-3-11-7-9-4-6(8)5-10-7/h4-5H,2-3H2,1H3. The largest absolute Gasteiger partial charge is 0.463 e. The second-order valence-electron chi connectivity index (χ2n) is 2.03. The SMILES string of the molecule is CCCOc1ncc(Cl)cn1. The van der Waals surface area contributed by atoms with Gasteiger partial charge < -0.3 is 4.74 Å². The van der Waals surface area contributed by atoms with Crippen LogP contribution in [0.3, 0.4) is 0 Å². The van der Waals surface area contributed by atoms with Crippen molar-refractivity contribution in [2.75, 3.05) is 6.61 Å². The smallest absolute Gasteiger partial charge is 0.316 e. The van der Waals surface area contributed by atoms with Crippen LogP contribution in [0, 0.1) is 0 Å². The van der Waals surface area contributed by atoms with Crippen LogP contribution in [0.4, 0.5) is 0 Å². The third-order valence-electron chi connectivity index (χ3n) is 1.03. The zero-order chi connectivity index (χ0) is 8.10. The maximum absolute atomic E-state index is 5.57. The quantitative estimate of drug-likeness (QED) is 0.699. The molecule has 0 spiro atoms. The van der Waals surface area contributed by atoms with Crippen LogP contribution in [0.5, 0.6) is 6.01 Å². The fourth-order valence-corrected chi connectivity index (χ4v) is 0.666. The van der Waals surface area contributed by atoms with Crippen LogP contribution >= 0.6 is 11.6 Å². The monoisotopic (exact) mass is 172 g/mol. The molecule has 1 aromatic heterocycles. The summed E-state index contributed by atoms with van der Waals surface area (Å²) in [5.41, 5.74) is 0. The highest BCUT2D eigenvalue weighted by Gasteiger charge is 1.94. The van der Waals surface area contributed by atoms with Gasteiger partial charge in [-0.2, -0.15) is 0 Å². The highest BCUT2D eigenvalue weighted by Crippen LogP contribution is 2.06. The van der Waals surface area contributed by atoms with Crippen molar-refractivity contribution in [3.8, 4) is 6.01 Å². The van der Waals surface area contributed by atoms with Crippen molar-refractivity contribution in [2.24, 2.45) is 0 Å². The molecule has 0 bridgehead atoms. The Bertz CT molecular complexity index is 212. The highest BCUT2D eigenvalue weighted by atomic mass is 35.5. The van der Waals surface area contributed by atoms with Gasteiger partial charge in [-0.1, -0.05) is 18.5 Å². The molecule has 0 aliphatic rings. The molecule has 0 unspecified atom stereocenters. The lowest BCUT2D eigenvalue weighted by Crippen LogP contribution is -1.98. The van der Waals surface area contributed by atoms with Crippen LogP contribution in [-0.2, 0) is 0 Å². The van der Waals surface area contributed by atoms with E-state index in [4.69, 9.17) is 16.3 Å². The summed E-state index contributed by atoms with van der Waals surface area (Å²) in [4.78, 5) is 7.70. The van der Waals surface area contributed by atoms with Gasteiger partial charge in [0, 0.05) is 0 Å². The summed E-state index contributed by atoms with van der Waals surface area (Å²) >= 11 is 5.57. The van der Waals surface area contributed by atoms with E-state index in [9.17, 15) is 0 Å². The van der Waals surface area contributed by atoms with Crippen LogP contribution < -0.4 is 4.74 Å². The second kappa shape index (κ2) is 4.13. The molecule has 0 saturated carbocycles. The number of hydrogen-bond donors (Lipinski definition) is 0. The molecule has 3 nitrogen and oxygen atoms in total. The van der Waals surface area contributed by atoms with Gasteiger partial charge in [-0.15, -0.1) is 0 Å². The van der Waals surface area contributed by atoms with Crippen molar-refractivity contribution >= 4 is 11.6 Å². The van der Waals surface area contributed by atoms with Gasteiger partial charge in [0.05, 0.1) is 24.0 Å². The van der Waals surface area contributed by atoms with E-state index in [2.05, 4.69) is 9.97 Å². The summed E-state index contributed by atoms with van der Waals surface area (Å²) in [5.74, 6) is 0. The molecule has 0 amide bonds. The molecule has 1 heterocycles. The molecule has 0 aromatic carbocycles. The Labute approximate surface area is 70.4 Å². The van der Waals surface area contributed by atoms with Crippen molar-refractivity contribution < 1.29 is 4.74 Å². The van der Waals surface area contributed by atoms with Crippen molar-refractivity contribution in [1.29, 1.82) is 0 Å². The van der Waals surface area contributed by atoms with E-state index >= 15 is 0 Å². The summed E-state index contributed by atoms with van der Waals surface area (Å²) in [6, 6.07) is 0.385. The molecule has 0 saturated heterocycles. The molecule has 0 N–H and O–H groups in total. The fraction of sp³-hybridized carbons (Fsp3) is 0.429. The second-order valence-corrected chi connectivity index (χ2v) is 2.47. The molecule has 11 heavy (non-hydrogen) atoms. The molecule has 0 aliphatic carbocycles. The summed E-state index contributed by atoms with van der Waals surface area (Å²) in [5, 5.41) is 0.522. The lowest BCUT2D eigenvalue weighted by Gasteiger charge is -1.99. The molecule has 60 valence electrons. The summed E-state index contributed by atoms with van der Waals surface area (Å²) in [7, 11) is 0. The first-order chi connectivity index (χ1) is 5.33. The van der Waals surface area contributed by atoms with Gasteiger partial charge in [-0.25, -0.2) is 9.97 Å². The first-order valence-electron chi connectivity index (χ1n) is 3.43. The minimum atomic E-state index is 0.385. The normalized spacial score (nSPS) is 9.64. The maximum Gasteiger partial charge on any atom is 0.316 e. The van der Waals surface area contributed by atoms with Crippen molar-refractivity contribution in [1.82, 2.24) is 9.97 Å². The highest BCUT2D eigenvalue weighted by molar-refractivity contribution is 6.30. The molecule has 4 heteroatoms. The van der Waals surface area contributed by atoms with E-state index in [1.54, 1.807) is 0 Å². The van der Waals surface area contributed by atoms with Gasteiger partial charge in [0.2, 0.25) is 0 Å². The Hall–Kier alpha value is -0.830. The predicted octanol–water partition coefficient (Wildman–Crippen LogP) is 1.92. The number of rotatable bonds is 3. The van der Waals surface area contributed by atoms with Gasteiger partial charge in [0.1, 0.15) is 0 Å². The number of ether oxygens (including phenoxy) is 1. The number of halogens is 1. The van der Waals surface area contributed by atoms with Gasteiger partial charge in [0.25, 0.3) is 0 Å².